The lowest BCUT2D eigenvalue weighted by atomic mass is 10.1. The van der Waals surface area contributed by atoms with Crippen LogP contribution in [0.3, 0.4) is 0 Å². The summed E-state index contributed by atoms with van der Waals surface area (Å²) in [5.41, 5.74) is 0.857. The van der Waals surface area contributed by atoms with E-state index in [0.29, 0.717) is 12.2 Å². The van der Waals surface area contributed by atoms with Gasteiger partial charge < -0.3 is 9.64 Å². The standard InChI is InChI=1S/C15H14N2O4S/c1-9(18)22-12-6-14(19)17(8-12)11-3-4-13(15(20)21-2)10(5-11)7-16/h3-5,12H,6,8H2,1-2H3. The van der Waals surface area contributed by atoms with Gasteiger partial charge in [0.2, 0.25) is 5.91 Å². The zero-order chi connectivity index (χ0) is 16.3. The second-order valence-electron chi connectivity index (χ2n) is 4.77. The van der Waals surface area contributed by atoms with Crippen LogP contribution < -0.4 is 4.90 Å². The molecule has 114 valence electrons. The number of ether oxygens (including phenoxy) is 1. The predicted octanol–water partition coefficient (Wildman–Crippen LogP) is 1.73. The highest BCUT2D eigenvalue weighted by Gasteiger charge is 2.32. The molecule has 22 heavy (non-hydrogen) atoms. The minimum absolute atomic E-state index is 0.0293. The fourth-order valence-corrected chi connectivity index (χ4v) is 3.24. The first-order valence-corrected chi connectivity index (χ1v) is 7.44. The van der Waals surface area contributed by atoms with Crippen molar-refractivity contribution in [2.75, 3.05) is 18.6 Å². The molecule has 0 bridgehead atoms. The maximum atomic E-state index is 12.1. The van der Waals surface area contributed by atoms with Crippen molar-refractivity contribution in [2.45, 2.75) is 18.6 Å². The lowest BCUT2D eigenvalue weighted by Gasteiger charge is -2.17. The maximum absolute atomic E-state index is 12.1. The van der Waals surface area contributed by atoms with E-state index in [-0.39, 0.29) is 33.8 Å². The highest BCUT2D eigenvalue weighted by molar-refractivity contribution is 8.14. The first-order chi connectivity index (χ1) is 10.5. The van der Waals surface area contributed by atoms with E-state index in [1.165, 1.54) is 31.1 Å². The van der Waals surface area contributed by atoms with Crippen LogP contribution in [0.2, 0.25) is 0 Å². The van der Waals surface area contributed by atoms with E-state index in [1.54, 1.807) is 6.07 Å². The fourth-order valence-electron chi connectivity index (χ4n) is 2.32. The third-order valence-corrected chi connectivity index (χ3v) is 4.24. The average Bonchev–Trinajstić information content (AvgIpc) is 2.85. The molecule has 0 saturated carbocycles. The summed E-state index contributed by atoms with van der Waals surface area (Å²) in [6.07, 6.45) is 0.283. The molecule has 0 spiro atoms. The molecule has 0 aromatic heterocycles. The molecule has 0 N–H and O–H groups in total. The van der Waals surface area contributed by atoms with Crippen LogP contribution in [-0.4, -0.2) is 35.9 Å². The van der Waals surface area contributed by atoms with Gasteiger partial charge in [-0.3, -0.25) is 9.59 Å². The fraction of sp³-hybridized carbons (Fsp3) is 0.333. The molecular formula is C15H14N2O4S. The molecule has 1 aliphatic heterocycles. The van der Waals surface area contributed by atoms with Gasteiger partial charge >= 0.3 is 5.97 Å². The molecule has 7 heteroatoms. The molecule has 1 heterocycles. The van der Waals surface area contributed by atoms with Crippen molar-refractivity contribution >= 4 is 34.4 Å². The number of hydrogen-bond acceptors (Lipinski definition) is 6. The molecule has 1 aromatic rings. The molecule has 1 aliphatic rings. The van der Waals surface area contributed by atoms with E-state index < -0.39 is 5.97 Å². The smallest absolute Gasteiger partial charge is 0.339 e. The zero-order valence-electron chi connectivity index (χ0n) is 12.2. The van der Waals surface area contributed by atoms with Crippen LogP contribution in [0.25, 0.3) is 0 Å². The molecule has 2 rings (SSSR count). The second kappa shape index (κ2) is 6.62. The van der Waals surface area contributed by atoms with Crippen LogP contribution >= 0.6 is 11.8 Å². The van der Waals surface area contributed by atoms with Crippen molar-refractivity contribution in [3.05, 3.63) is 29.3 Å². The number of amides is 1. The molecule has 1 aromatic carbocycles. The number of benzene rings is 1. The van der Waals surface area contributed by atoms with Crippen LogP contribution in [0, 0.1) is 11.3 Å². The van der Waals surface area contributed by atoms with Crippen LogP contribution in [0.1, 0.15) is 29.3 Å². The van der Waals surface area contributed by atoms with Gasteiger partial charge in [-0.05, 0) is 18.2 Å². The normalized spacial score (nSPS) is 17.2. The van der Waals surface area contributed by atoms with Crippen molar-refractivity contribution in [3.63, 3.8) is 0 Å². The molecule has 0 aliphatic carbocycles. The van der Waals surface area contributed by atoms with E-state index in [1.807, 2.05) is 6.07 Å². The quantitative estimate of drug-likeness (QED) is 0.789. The first kappa shape index (κ1) is 16.0. The summed E-state index contributed by atoms with van der Waals surface area (Å²) in [6.45, 7) is 1.88. The van der Waals surface area contributed by atoms with E-state index in [2.05, 4.69) is 4.74 Å². The number of nitrogens with zero attached hydrogens (tertiary/aromatic N) is 2. The number of hydrogen-bond donors (Lipinski definition) is 0. The summed E-state index contributed by atoms with van der Waals surface area (Å²) < 4.78 is 4.61. The number of nitriles is 1. The number of esters is 1. The Morgan fingerprint density at radius 2 is 2.18 bits per heavy atom. The van der Waals surface area contributed by atoms with E-state index in [4.69, 9.17) is 5.26 Å². The minimum Gasteiger partial charge on any atom is -0.465 e. The summed E-state index contributed by atoms with van der Waals surface area (Å²) in [7, 11) is 1.24. The molecule has 0 radical (unpaired) electrons. The van der Waals surface area contributed by atoms with Gasteiger partial charge in [0.25, 0.3) is 0 Å². The van der Waals surface area contributed by atoms with Gasteiger partial charge in [0.15, 0.2) is 5.12 Å². The summed E-state index contributed by atoms with van der Waals surface area (Å²) in [5.74, 6) is -0.700. The van der Waals surface area contributed by atoms with Crippen LogP contribution in [-0.2, 0) is 14.3 Å². The second-order valence-corrected chi connectivity index (χ2v) is 6.25. The number of carbonyl (C=O) groups excluding carboxylic acids is 3. The molecule has 1 unspecified atom stereocenters. The van der Waals surface area contributed by atoms with Gasteiger partial charge in [0.1, 0.15) is 6.07 Å². The molecule has 1 amide bonds. The summed E-state index contributed by atoms with van der Waals surface area (Å²) in [6, 6.07) is 6.50. The Hall–Kier alpha value is -2.33. The van der Waals surface area contributed by atoms with E-state index >= 15 is 0 Å². The van der Waals surface area contributed by atoms with Crippen LogP contribution in [0.15, 0.2) is 18.2 Å². The van der Waals surface area contributed by atoms with Gasteiger partial charge in [-0.1, -0.05) is 11.8 Å². The van der Waals surface area contributed by atoms with Crippen LogP contribution in [0.4, 0.5) is 5.69 Å². The summed E-state index contributed by atoms with van der Waals surface area (Å²) >= 11 is 1.15. The lowest BCUT2D eigenvalue weighted by Crippen LogP contribution is -2.25. The van der Waals surface area contributed by atoms with Crippen molar-refractivity contribution in [1.82, 2.24) is 0 Å². The Labute approximate surface area is 132 Å². The van der Waals surface area contributed by atoms with Gasteiger partial charge in [-0.15, -0.1) is 0 Å². The van der Waals surface area contributed by atoms with Gasteiger partial charge in [0.05, 0.1) is 18.2 Å². The molecule has 1 atom stereocenters. The van der Waals surface area contributed by atoms with Gasteiger partial charge in [0, 0.05) is 30.8 Å². The van der Waals surface area contributed by atoms with E-state index in [0.717, 1.165) is 11.8 Å². The number of methoxy groups -OCH3 is 1. The maximum Gasteiger partial charge on any atom is 0.339 e. The number of anilines is 1. The number of thioether (sulfide) groups is 1. The summed E-state index contributed by atoms with van der Waals surface area (Å²) in [5, 5.41) is 9.04. The largest absolute Gasteiger partial charge is 0.465 e. The number of carbonyl (C=O) groups is 3. The SMILES string of the molecule is COC(=O)c1ccc(N2CC(SC(C)=O)CC2=O)cc1C#N. The number of rotatable bonds is 3. The summed E-state index contributed by atoms with van der Waals surface area (Å²) in [4.78, 5) is 36.3. The van der Waals surface area contributed by atoms with Crippen molar-refractivity contribution < 1.29 is 19.1 Å². The Morgan fingerprint density at radius 3 is 2.77 bits per heavy atom. The van der Waals surface area contributed by atoms with Gasteiger partial charge in [-0.2, -0.15) is 5.26 Å². The van der Waals surface area contributed by atoms with Crippen molar-refractivity contribution in [2.24, 2.45) is 0 Å². The Balaban J connectivity index is 2.27. The Bertz CT molecular complexity index is 681. The van der Waals surface area contributed by atoms with E-state index in [9.17, 15) is 14.4 Å². The molecule has 1 saturated heterocycles. The predicted molar refractivity (Wildman–Crippen MR) is 81.5 cm³/mol. The Morgan fingerprint density at radius 1 is 1.45 bits per heavy atom. The van der Waals surface area contributed by atoms with Gasteiger partial charge in [-0.25, -0.2) is 4.79 Å². The highest BCUT2D eigenvalue weighted by Crippen LogP contribution is 2.29. The molecule has 1 fully saturated rings. The third kappa shape index (κ3) is 3.28. The highest BCUT2D eigenvalue weighted by atomic mass is 32.2. The third-order valence-electron chi connectivity index (χ3n) is 3.26. The molecular weight excluding hydrogens is 304 g/mol. The minimum atomic E-state index is -0.596. The van der Waals surface area contributed by atoms with Crippen LogP contribution in [0.5, 0.6) is 0 Å². The Kier molecular flexibility index (Phi) is 4.83. The lowest BCUT2D eigenvalue weighted by molar-refractivity contribution is -0.117. The average molecular weight is 318 g/mol. The topological polar surface area (TPSA) is 87.5 Å². The molecule has 6 nitrogen and oxygen atoms in total. The monoisotopic (exact) mass is 318 g/mol. The first-order valence-electron chi connectivity index (χ1n) is 6.56. The zero-order valence-corrected chi connectivity index (χ0v) is 13.0. The van der Waals surface area contributed by atoms with Crippen molar-refractivity contribution in [1.29, 1.82) is 5.26 Å². The van der Waals surface area contributed by atoms with Crippen molar-refractivity contribution in [3.8, 4) is 6.07 Å².